The van der Waals surface area contributed by atoms with Crippen molar-refractivity contribution in [1.82, 2.24) is 24.4 Å². The Balaban J connectivity index is 1.29. The van der Waals surface area contributed by atoms with E-state index in [0.717, 1.165) is 53.5 Å². The van der Waals surface area contributed by atoms with Crippen LogP contribution >= 0.6 is 8.58 Å². The summed E-state index contributed by atoms with van der Waals surface area (Å²) in [6, 6.07) is 2.87. The van der Waals surface area contributed by atoms with Gasteiger partial charge in [0.1, 0.15) is 0 Å². The van der Waals surface area contributed by atoms with Gasteiger partial charge in [0.05, 0.1) is 34.6 Å². The first-order valence-corrected chi connectivity index (χ1v) is 12.5. The standard InChI is InChI=1S/C25H28N5OP/c1-15-10-19(18-6-8-28(9-7-18)20-4-5-20)14-29-24(31)12-23(32-25(15)29)21-11-22-17(3)26-16(2)13-30(22)27-21/h6,10-14,20,25,32H,4-5,7-9H2,1-3H3. The summed E-state index contributed by atoms with van der Waals surface area (Å²) < 4.78 is 1.89. The van der Waals surface area contributed by atoms with Crippen LogP contribution in [0.25, 0.3) is 10.8 Å². The Hall–Kier alpha value is -2.56. The van der Waals surface area contributed by atoms with E-state index in [9.17, 15) is 4.79 Å². The van der Waals surface area contributed by atoms with Gasteiger partial charge >= 0.3 is 0 Å². The van der Waals surface area contributed by atoms with Crippen molar-refractivity contribution in [2.24, 2.45) is 0 Å². The van der Waals surface area contributed by atoms with Crippen LogP contribution in [0.2, 0.25) is 0 Å². The second-order valence-corrected chi connectivity index (χ2v) is 10.7. The van der Waals surface area contributed by atoms with Gasteiger partial charge in [0.15, 0.2) is 0 Å². The van der Waals surface area contributed by atoms with E-state index in [1.54, 1.807) is 6.08 Å². The van der Waals surface area contributed by atoms with Crippen LogP contribution in [-0.4, -0.2) is 55.2 Å². The first-order chi connectivity index (χ1) is 15.5. The van der Waals surface area contributed by atoms with E-state index in [-0.39, 0.29) is 11.7 Å². The monoisotopic (exact) mass is 445 g/mol. The molecule has 0 bridgehead atoms. The number of carbonyl (C=O) groups excluding carboxylic acids is 1. The molecule has 32 heavy (non-hydrogen) atoms. The Morgan fingerprint density at radius 3 is 2.75 bits per heavy atom. The van der Waals surface area contributed by atoms with E-state index in [2.05, 4.69) is 41.2 Å². The van der Waals surface area contributed by atoms with Crippen molar-refractivity contribution in [3.63, 3.8) is 0 Å². The maximum atomic E-state index is 13.2. The number of allylic oxidation sites excluding steroid dienone is 2. The van der Waals surface area contributed by atoms with Crippen LogP contribution in [0.1, 0.15) is 43.3 Å². The highest BCUT2D eigenvalue weighted by molar-refractivity contribution is 7.51. The van der Waals surface area contributed by atoms with Gasteiger partial charge in [-0.3, -0.25) is 14.7 Å². The van der Waals surface area contributed by atoms with Crippen LogP contribution in [0.4, 0.5) is 0 Å². The summed E-state index contributed by atoms with van der Waals surface area (Å²) in [5.74, 6) is 0.136. The maximum absolute atomic E-state index is 13.2. The minimum atomic E-state index is 0.0489. The van der Waals surface area contributed by atoms with E-state index in [1.807, 2.05) is 29.5 Å². The molecule has 1 aliphatic carbocycles. The van der Waals surface area contributed by atoms with Crippen molar-refractivity contribution in [2.75, 3.05) is 13.1 Å². The third-order valence-corrected chi connectivity index (χ3v) is 8.61. The molecule has 5 heterocycles. The van der Waals surface area contributed by atoms with Crippen molar-refractivity contribution in [2.45, 2.75) is 51.9 Å². The number of nitrogens with zero attached hydrogens (tertiary/aromatic N) is 5. The molecule has 2 atom stereocenters. The first-order valence-electron chi connectivity index (χ1n) is 11.4. The number of hydrogen-bond donors (Lipinski definition) is 0. The summed E-state index contributed by atoms with van der Waals surface area (Å²) in [6.45, 7) is 8.31. The molecule has 0 saturated heterocycles. The second kappa shape index (κ2) is 7.50. The lowest BCUT2D eigenvalue weighted by atomic mass is 9.96. The molecule has 3 aliphatic heterocycles. The van der Waals surface area contributed by atoms with Crippen LogP contribution in [0.15, 0.2) is 53.4 Å². The van der Waals surface area contributed by atoms with E-state index in [4.69, 9.17) is 5.10 Å². The lowest BCUT2D eigenvalue weighted by molar-refractivity contribution is -0.123. The fraction of sp³-hybridized carbons (Fsp3) is 0.400. The predicted molar refractivity (Wildman–Crippen MR) is 129 cm³/mol. The van der Waals surface area contributed by atoms with Crippen LogP contribution in [0, 0.1) is 13.8 Å². The zero-order chi connectivity index (χ0) is 22.0. The fourth-order valence-electron chi connectivity index (χ4n) is 5.03. The lowest BCUT2D eigenvalue weighted by Gasteiger charge is -2.37. The van der Waals surface area contributed by atoms with Crippen molar-refractivity contribution in [3.05, 3.63) is 70.5 Å². The molecule has 2 aromatic heterocycles. The average Bonchev–Trinajstić information content (AvgIpc) is 3.53. The molecule has 0 radical (unpaired) electrons. The molecule has 2 unspecified atom stereocenters. The molecule has 0 aromatic carbocycles. The Bertz CT molecular complexity index is 1260. The van der Waals surface area contributed by atoms with Crippen LogP contribution in [-0.2, 0) is 4.79 Å². The SMILES string of the molecule is CC1=CC(C2=CCN(C3CC3)CC2)=CN2C(=O)C=C(c3cc4c(C)nc(C)cn4n3)PC12. The second-order valence-electron chi connectivity index (χ2n) is 9.36. The minimum absolute atomic E-state index is 0.0489. The van der Waals surface area contributed by atoms with Gasteiger partial charge in [0.25, 0.3) is 5.91 Å². The van der Waals surface area contributed by atoms with E-state index < -0.39 is 0 Å². The van der Waals surface area contributed by atoms with Gasteiger partial charge in [-0.25, -0.2) is 4.52 Å². The van der Waals surface area contributed by atoms with Gasteiger partial charge in [-0.15, -0.1) is 0 Å². The zero-order valence-electron chi connectivity index (χ0n) is 18.8. The Morgan fingerprint density at radius 2 is 2.00 bits per heavy atom. The van der Waals surface area contributed by atoms with E-state index >= 15 is 0 Å². The van der Waals surface area contributed by atoms with Gasteiger partial charge in [-0.2, -0.15) is 5.10 Å². The summed E-state index contributed by atoms with van der Waals surface area (Å²) in [6.07, 6.45) is 14.2. The number of amides is 1. The summed E-state index contributed by atoms with van der Waals surface area (Å²) in [5.41, 5.74) is 7.60. The molecule has 2 aromatic rings. The number of aryl methyl sites for hydroxylation is 2. The van der Waals surface area contributed by atoms with Crippen molar-refractivity contribution >= 4 is 25.3 Å². The highest BCUT2D eigenvalue weighted by Crippen LogP contribution is 2.47. The summed E-state index contributed by atoms with van der Waals surface area (Å²) in [5, 5.41) is 5.79. The third kappa shape index (κ3) is 3.46. The van der Waals surface area contributed by atoms with Gasteiger partial charge < -0.3 is 4.90 Å². The minimum Gasteiger partial charge on any atom is -0.304 e. The van der Waals surface area contributed by atoms with Crippen molar-refractivity contribution in [1.29, 1.82) is 0 Å². The van der Waals surface area contributed by atoms with E-state index in [1.165, 1.54) is 29.6 Å². The number of hydrogen-bond acceptors (Lipinski definition) is 4. The molecule has 0 spiro atoms. The predicted octanol–water partition coefficient (Wildman–Crippen LogP) is 4.17. The Morgan fingerprint density at radius 1 is 1.16 bits per heavy atom. The summed E-state index contributed by atoms with van der Waals surface area (Å²) in [4.78, 5) is 22.2. The average molecular weight is 446 g/mol. The number of carbonyl (C=O) groups is 1. The van der Waals surface area contributed by atoms with Crippen LogP contribution in [0.5, 0.6) is 0 Å². The Kier molecular flexibility index (Phi) is 4.70. The van der Waals surface area contributed by atoms with Crippen LogP contribution < -0.4 is 0 Å². The highest BCUT2D eigenvalue weighted by Gasteiger charge is 2.34. The van der Waals surface area contributed by atoms with Gasteiger partial charge in [0, 0.05) is 36.7 Å². The fourth-order valence-corrected chi connectivity index (χ4v) is 6.45. The third-order valence-electron chi connectivity index (χ3n) is 6.90. The number of rotatable bonds is 3. The summed E-state index contributed by atoms with van der Waals surface area (Å²) >= 11 is 0. The largest absolute Gasteiger partial charge is 0.304 e. The van der Waals surface area contributed by atoms with Crippen molar-refractivity contribution in [3.8, 4) is 0 Å². The van der Waals surface area contributed by atoms with Gasteiger partial charge in [-0.1, -0.05) is 20.7 Å². The lowest BCUT2D eigenvalue weighted by Crippen LogP contribution is -2.38. The molecule has 4 aliphatic rings. The highest BCUT2D eigenvalue weighted by atomic mass is 31.1. The molecule has 6 rings (SSSR count). The van der Waals surface area contributed by atoms with Crippen molar-refractivity contribution < 1.29 is 4.79 Å². The summed E-state index contributed by atoms with van der Waals surface area (Å²) in [7, 11) is 0.474. The Labute approximate surface area is 190 Å². The normalized spacial score (nSPS) is 24.9. The molecule has 1 saturated carbocycles. The molecule has 164 valence electrons. The molecular formula is C25H28N5OP. The molecule has 1 amide bonds. The molecular weight excluding hydrogens is 417 g/mol. The smallest absolute Gasteiger partial charge is 0.252 e. The maximum Gasteiger partial charge on any atom is 0.252 e. The molecule has 7 heteroatoms. The zero-order valence-corrected chi connectivity index (χ0v) is 19.8. The number of aromatic nitrogens is 3. The first kappa shape index (κ1) is 20.1. The number of fused-ring (bicyclic) bond motifs is 2. The van der Waals surface area contributed by atoms with Gasteiger partial charge in [-0.05, 0) is 62.8 Å². The van der Waals surface area contributed by atoms with E-state index in [0.29, 0.717) is 8.58 Å². The molecule has 6 nitrogen and oxygen atoms in total. The van der Waals surface area contributed by atoms with Crippen LogP contribution in [0.3, 0.4) is 0 Å². The molecule has 1 fully saturated rings. The quantitative estimate of drug-likeness (QED) is 0.666. The molecule has 0 N–H and O–H groups in total. The van der Waals surface area contributed by atoms with Gasteiger partial charge in [0.2, 0.25) is 0 Å². The topological polar surface area (TPSA) is 53.7 Å².